The van der Waals surface area contributed by atoms with Crippen LogP contribution in [0.15, 0.2) is 217 Å². The summed E-state index contributed by atoms with van der Waals surface area (Å²) in [6, 6.07) is 74.9. The molecular formula is C57H35N3O. The average molecular weight is 778 g/mol. The largest absolute Gasteiger partial charge is 0.456 e. The third-order valence-corrected chi connectivity index (χ3v) is 11.9. The number of rotatable bonds is 6. The molecule has 4 nitrogen and oxygen atoms in total. The first kappa shape index (κ1) is 34.8. The van der Waals surface area contributed by atoms with E-state index in [1.165, 1.54) is 54.6 Å². The van der Waals surface area contributed by atoms with Crippen LogP contribution < -0.4 is 0 Å². The van der Waals surface area contributed by atoms with Crippen LogP contribution in [-0.4, -0.2) is 15.0 Å². The Kier molecular flexibility index (Phi) is 8.13. The molecule has 2 aromatic heterocycles. The van der Waals surface area contributed by atoms with E-state index in [9.17, 15) is 0 Å². The van der Waals surface area contributed by atoms with Crippen LogP contribution in [0.4, 0.5) is 0 Å². The fourth-order valence-electron chi connectivity index (χ4n) is 8.88. The van der Waals surface area contributed by atoms with Gasteiger partial charge in [0.15, 0.2) is 17.5 Å². The highest BCUT2D eigenvalue weighted by Crippen LogP contribution is 2.39. The number of benzene rings is 10. The highest BCUT2D eigenvalue weighted by molar-refractivity contribution is 6.25. The molecule has 4 heteroatoms. The molecule has 284 valence electrons. The van der Waals surface area contributed by atoms with E-state index in [0.29, 0.717) is 17.5 Å². The van der Waals surface area contributed by atoms with Crippen LogP contribution in [0.2, 0.25) is 0 Å². The number of hydrogen-bond acceptors (Lipinski definition) is 4. The van der Waals surface area contributed by atoms with Gasteiger partial charge in [-0.3, -0.25) is 0 Å². The van der Waals surface area contributed by atoms with Crippen LogP contribution in [0, 0.1) is 0 Å². The van der Waals surface area contributed by atoms with Gasteiger partial charge in [-0.05, 0) is 108 Å². The van der Waals surface area contributed by atoms with Crippen molar-refractivity contribution in [2.75, 3.05) is 0 Å². The Morgan fingerprint density at radius 3 is 1.13 bits per heavy atom. The zero-order chi connectivity index (χ0) is 40.3. The predicted molar refractivity (Wildman–Crippen MR) is 252 cm³/mol. The van der Waals surface area contributed by atoms with Crippen LogP contribution in [-0.2, 0) is 0 Å². The summed E-state index contributed by atoms with van der Waals surface area (Å²) in [5.41, 5.74) is 11.4. The van der Waals surface area contributed by atoms with Crippen molar-refractivity contribution in [3.8, 4) is 67.5 Å². The van der Waals surface area contributed by atoms with Gasteiger partial charge in [0.25, 0.3) is 0 Å². The fraction of sp³-hybridized carbons (Fsp3) is 0. The van der Waals surface area contributed by atoms with Gasteiger partial charge in [0.05, 0.1) is 0 Å². The first-order chi connectivity index (χ1) is 30.2. The Hall–Kier alpha value is -8.21. The second kappa shape index (κ2) is 14.3. The van der Waals surface area contributed by atoms with Crippen molar-refractivity contribution in [1.82, 2.24) is 15.0 Å². The van der Waals surface area contributed by atoms with E-state index >= 15 is 0 Å². The van der Waals surface area contributed by atoms with Gasteiger partial charge in [-0.25, -0.2) is 15.0 Å². The SMILES string of the molecule is c1ccc(-c2nc(-c3ccccc3)nc(-c3ccc4c(c3)oc3ccc(-c5cccc(-c6cccc(-c7ccc8c9ccccc9c9ccccc9c8c7)c6)c5)cc34)n2)cc1. The smallest absolute Gasteiger partial charge is 0.164 e. The van der Waals surface area contributed by atoms with Crippen molar-refractivity contribution in [2.24, 2.45) is 0 Å². The number of nitrogens with zero attached hydrogens (tertiary/aromatic N) is 3. The van der Waals surface area contributed by atoms with Gasteiger partial charge >= 0.3 is 0 Å². The first-order valence-electron chi connectivity index (χ1n) is 20.6. The summed E-state index contributed by atoms with van der Waals surface area (Å²) in [6.07, 6.45) is 0. The van der Waals surface area contributed by atoms with Crippen molar-refractivity contribution >= 4 is 54.3 Å². The van der Waals surface area contributed by atoms with Crippen molar-refractivity contribution in [3.05, 3.63) is 212 Å². The molecule has 0 unspecified atom stereocenters. The molecule has 61 heavy (non-hydrogen) atoms. The molecule has 12 aromatic rings. The molecule has 0 aliphatic rings. The summed E-state index contributed by atoms with van der Waals surface area (Å²) in [6.45, 7) is 0. The average Bonchev–Trinajstić information content (AvgIpc) is 3.72. The Balaban J connectivity index is 0.889. The molecule has 0 saturated heterocycles. The summed E-state index contributed by atoms with van der Waals surface area (Å²) >= 11 is 0. The zero-order valence-electron chi connectivity index (χ0n) is 33.0. The van der Waals surface area contributed by atoms with E-state index in [-0.39, 0.29) is 0 Å². The standard InChI is InChI=1S/C57H35N3O/c1-3-13-36(14-4-1)55-58-56(37-15-5-2-6-16-37)60-57(59-55)44-26-29-50-52-34-43(27-30-53(52)61-54(50)35-44)41-20-12-18-39(32-41)38-17-11-19-40(31-38)42-25-28-49-47-23-8-7-21-45(47)46-22-9-10-24-48(46)51(49)33-42/h1-35H. The highest BCUT2D eigenvalue weighted by atomic mass is 16.3. The molecular weight excluding hydrogens is 743 g/mol. The lowest BCUT2D eigenvalue weighted by Crippen LogP contribution is -2.00. The normalized spacial score (nSPS) is 11.6. The van der Waals surface area contributed by atoms with Crippen LogP contribution in [0.25, 0.3) is 122 Å². The molecule has 0 fully saturated rings. The quantitative estimate of drug-likeness (QED) is 0.158. The molecule has 0 amide bonds. The minimum absolute atomic E-state index is 0.597. The van der Waals surface area contributed by atoms with Gasteiger partial charge in [-0.2, -0.15) is 0 Å². The molecule has 0 saturated carbocycles. The lowest BCUT2D eigenvalue weighted by atomic mass is 9.91. The van der Waals surface area contributed by atoms with E-state index in [0.717, 1.165) is 49.8 Å². The number of aromatic nitrogens is 3. The van der Waals surface area contributed by atoms with Gasteiger partial charge in [-0.15, -0.1) is 0 Å². The van der Waals surface area contributed by atoms with E-state index in [1.807, 2.05) is 66.7 Å². The topological polar surface area (TPSA) is 51.8 Å². The second-order valence-corrected chi connectivity index (χ2v) is 15.6. The summed E-state index contributed by atoms with van der Waals surface area (Å²) in [5, 5.41) is 9.81. The van der Waals surface area contributed by atoms with Crippen LogP contribution in [0.3, 0.4) is 0 Å². The summed E-state index contributed by atoms with van der Waals surface area (Å²) in [5.74, 6) is 1.85. The van der Waals surface area contributed by atoms with Gasteiger partial charge < -0.3 is 4.42 Å². The molecule has 0 bridgehead atoms. The lowest BCUT2D eigenvalue weighted by Gasteiger charge is -2.13. The summed E-state index contributed by atoms with van der Waals surface area (Å²) in [4.78, 5) is 14.7. The lowest BCUT2D eigenvalue weighted by molar-refractivity contribution is 0.669. The Morgan fingerprint density at radius 2 is 0.590 bits per heavy atom. The highest BCUT2D eigenvalue weighted by Gasteiger charge is 2.16. The molecule has 12 rings (SSSR count). The van der Waals surface area contributed by atoms with Crippen LogP contribution in [0.5, 0.6) is 0 Å². The zero-order valence-corrected chi connectivity index (χ0v) is 33.0. The van der Waals surface area contributed by atoms with Crippen molar-refractivity contribution in [3.63, 3.8) is 0 Å². The Morgan fingerprint density at radius 1 is 0.213 bits per heavy atom. The van der Waals surface area contributed by atoms with Crippen LogP contribution >= 0.6 is 0 Å². The van der Waals surface area contributed by atoms with Crippen molar-refractivity contribution in [1.29, 1.82) is 0 Å². The molecule has 0 spiro atoms. The molecule has 0 aliphatic heterocycles. The Labute approximate surface area is 352 Å². The van der Waals surface area contributed by atoms with E-state index < -0.39 is 0 Å². The third kappa shape index (κ3) is 6.12. The first-order valence-corrected chi connectivity index (χ1v) is 20.6. The number of fused-ring (bicyclic) bond motifs is 9. The molecule has 0 aliphatic carbocycles. The summed E-state index contributed by atoms with van der Waals surface area (Å²) < 4.78 is 6.48. The third-order valence-electron chi connectivity index (χ3n) is 11.9. The molecule has 0 atom stereocenters. The Bertz CT molecular complexity index is 3560. The van der Waals surface area contributed by atoms with Crippen LogP contribution in [0.1, 0.15) is 0 Å². The predicted octanol–water partition coefficient (Wildman–Crippen LogP) is 15.2. The van der Waals surface area contributed by atoms with Gasteiger partial charge in [0.1, 0.15) is 11.2 Å². The van der Waals surface area contributed by atoms with Crippen molar-refractivity contribution in [2.45, 2.75) is 0 Å². The molecule has 0 radical (unpaired) electrons. The molecule has 2 heterocycles. The monoisotopic (exact) mass is 777 g/mol. The maximum atomic E-state index is 6.48. The van der Waals surface area contributed by atoms with Gasteiger partial charge in [0.2, 0.25) is 0 Å². The minimum Gasteiger partial charge on any atom is -0.456 e. The summed E-state index contributed by atoms with van der Waals surface area (Å²) in [7, 11) is 0. The van der Waals surface area contributed by atoms with Gasteiger partial charge in [-0.1, -0.05) is 170 Å². The van der Waals surface area contributed by atoms with Gasteiger partial charge in [0, 0.05) is 27.5 Å². The maximum absolute atomic E-state index is 6.48. The second-order valence-electron chi connectivity index (χ2n) is 15.6. The van der Waals surface area contributed by atoms with E-state index in [1.54, 1.807) is 0 Å². The maximum Gasteiger partial charge on any atom is 0.164 e. The number of hydrogen-bond donors (Lipinski definition) is 0. The fourth-order valence-corrected chi connectivity index (χ4v) is 8.88. The van der Waals surface area contributed by atoms with E-state index in [2.05, 4.69) is 146 Å². The van der Waals surface area contributed by atoms with E-state index in [4.69, 9.17) is 19.4 Å². The molecule has 10 aromatic carbocycles. The van der Waals surface area contributed by atoms with Crippen molar-refractivity contribution < 1.29 is 4.42 Å². The molecule has 0 N–H and O–H groups in total. The number of furan rings is 1. The minimum atomic E-state index is 0.597.